The van der Waals surface area contributed by atoms with E-state index in [9.17, 15) is 14.7 Å². The summed E-state index contributed by atoms with van der Waals surface area (Å²) in [5.41, 5.74) is -0.00278. The maximum atomic E-state index is 15.8. The normalized spacial score (nSPS) is 30.8. The highest BCUT2D eigenvalue weighted by Crippen LogP contribution is 2.57. The van der Waals surface area contributed by atoms with Gasteiger partial charge in [-0.05, 0) is 66.8 Å². The van der Waals surface area contributed by atoms with Gasteiger partial charge in [0.1, 0.15) is 11.2 Å². The molecular formula is C29H34Cl2FN3O3. The second-order valence-electron chi connectivity index (χ2n) is 12.1. The first-order chi connectivity index (χ1) is 17.9. The lowest BCUT2D eigenvalue weighted by atomic mass is 9.62. The van der Waals surface area contributed by atoms with Gasteiger partial charge in [0.15, 0.2) is 0 Å². The second-order valence-corrected chi connectivity index (χ2v) is 13.0. The largest absolute Gasteiger partial charge is 0.393 e. The SMILES string of the molecule is CC(C)(C)C[C@H]1N[C@@H](C(=O)NC2CCC(O)CC2)[C@H](c2cccc(Cl)c2F)[C@]12C(=O)Nc1cc(Cl)ccc12. The number of carbonyl (C=O) groups is 2. The number of anilines is 1. The molecule has 1 aliphatic carbocycles. The molecule has 2 aromatic rings. The van der Waals surface area contributed by atoms with E-state index in [0.717, 1.165) is 0 Å². The summed E-state index contributed by atoms with van der Waals surface area (Å²) in [6.07, 6.45) is 2.75. The van der Waals surface area contributed by atoms with Crippen molar-refractivity contribution in [3.63, 3.8) is 0 Å². The average Bonchev–Trinajstić information content (AvgIpc) is 3.31. The number of rotatable bonds is 4. The van der Waals surface area contributed by atoms with Gasteiger partial charge in [0.25, 0.3) is 0 Å². The maximum Gasteiger partial charge on any atom is 0.238 e. The molecule has 2 heterocycles. The number of benzene rings is 2. The molecule has 1 saturated carbocycles. The highest BCUT2D eigenvalue weighted by Gasteiger charge is 2.66. The Kier molecular flexibility index (Phi) is 7.27. The molecule has 1 spiro atoms. The number of hydrogen-bond donors (Lipinski definition) is 4. The number of fused-ring (bicyclic) bond motifs is 2. The summed E-state index contributed by atoms with van der Waals surface area (Å²) >= 11 is 12.5. The van der Waals surface area contributed by atoms with Crippen molar-refractivity contribution in [1.82, 2.24) is 10.6 Å². The lowest BCUT2D eigenvalue weighted by molar-refractivity contribution is -0.124. The van der Waals surface area contributed by atoms with Gasteiger partial charge < -0.3 is 21.1 Å². The van der Waals surface area contributed by atoms with E-state index in [1.54, 1.807) is 24.3 Å². The maximum absolute atomic E-state index is 15.8. The van der Waals surface area contributed by atoms with Crippen LogP contribution in [0.3, 0.4) is 0 Å². The van der Waals surface area contributed by atoms with E-state index < -0.39 is 29.2 Å². The van der Waals surface area contributed by atoms with E-state index in [0.29, 0.717) is 48.4 Å². The Morgan fingerprint density at radius 1 is 1.16 bits per heavy atom. The number of carbonyl (C=O) groups excluding carboxylic acids is 2. The Labute approximate surface area is 232 Å². The molecule has 4 atom stereocenters. The predicted octanol–water partition coefficient (Wildman–Crippen LogP) is 5.30. The van der Waals surface area contributed by atoms with Crippen molar-refractivity contribution in [2.24, 2.45) is 5.41 Å². The molecule has 0 aromatic heterocycles. The molecule has 0 unspecified atom stereocenters. The van der Waals surface area contributed by atoms with Crippen LogP contribution < -0.4 is 16.0 Å². The first kappa shape index (κ1) is 27.4. The van der Waals surface area contributed by atoms with Crippen LogP contribution in [-0.2, 0) is 15.0 Å². The zero-order valence-electron chi connectivity index (χ0n) is 21.8. The van der Waals surface area contributed by atoms with E-state index in [-0.39, 0.29) is 40.0 Å². The third kappa shape index (κ3) is 4.72. The minimum absolute atomic E-state index is 0.0629. The fraction of sp³-hybridized carbons (Fsp3) is 0.517. The first-order valence-corrected chi connectivity index (χ1v) is 14.0. The Morgan fingerprint density at radius 2 is 1.87 bits per heavy atom. The van der Waals surface area contributed by atoms with Gasteiger partial charge in [0.2, 0.25) is 11.8 Å². The molecule has 2 amide bonds. The van der Waals surface area contributed by atoms with Crippen LogP contribution in [0.5, 0.6) is 0 Å². The van der Waals surface area contributed by atoms with Crippen molar-refractivity contribution in [3.8, 4) is 0 Å². The third-order valence-electron chi connectivity index (χ3n) is 8.26. The van der Waals surface area contributed by atoms with Crippen LogP contribution in [0.2, 0.25) is 10.0 Å². The van der Waals surface area contributed by atoms with Crippen molar-refractivity contribution in [1.29, 1.82) is 0 Å². The van der Waals surface area contributed by atoms with Crippen LogP contribution in [0.25, 0.3) is 0 Å². The van der Waals surface area contributed by atoms with Crippen molar-refractivity contribution in [3.05, 3.63) is 63.4 Å². The van der Waals surface area contributed by atoms with Crippen molar-refractivity contribution in [2.45, 2.75) is 88.4 Å². The van der Waals surface area contributed by atoms with Crippen molar-refractivity contribution < 1.29 is 19.1 Å². The van der Waals surface area contributed by atoms with Crippen LogP contribution in [0.1, 0.15) is 69.9 Å². The Balaban J connectivity index is 1.67. The van der Waals surface area contributed by atoms with E-state index in [1.807, 2.05) is 6.07 Å². The van der Waals surface area contributed by atoms with Crippen molar-refractivity contribution in [2.75, 3.05) is 5.32 Å². The number of nitrogens with one attached hydrogen (secondary N) is 3. The van der Waals surface area contributed by atoms with Gasteiger partial charge in [0, 0.05) is 28.7 Å². The average molecular weight is 563 g/mol. The van der Waals surface area contributed by atoms with E-state index in [1.165, 1.54) is 6.07 Å². The lowest BCUT2D eigenvalue weighted by Gasteiger charge is -2.38. The number of hydrogen-bond acceptors (Lipinski definition) is 4. The first-order valence-electron chi connectivity index (χ1n) is 13.2. The molecule has 2 aliphatic heterocycles. The van der Waals surface area contributed by atoms with Gasteiger partial charge in [-0.1, -0.05) is 62.2 Å². The molecular weight excluding hydrogens is 528 g/mol. The third-order valence-corrected chi connectivity index (χ3v) is 8.79. The summed E-state index contributed by atoms with van der Waals surface area (Å²) in [5.74, 6) is -2.09. The summed E-state index contributed by atoms with van der Waals surface area (Å²) in [6.45, 7) is 6.23. The predicted molar refractivity (Wildman–Crippen MR) is 147 cm³/mol. The lowest BCUT2D eigenvalue weighted by Crippen LogP contribution is -2.50. The fourth-order valence-corrected chi connectivity index (χ4v) is 7.02. The number of amides is 2. The molecule has 2 fully saturated rings. The summed E-state index contributed by atoms with van der Waals surface area (Å²) in [5, 5.41) is 19.9. The minimum Gasteiger partial charge on any atom is -0.393 e. The monoisotopic (exact) mass is 561 g/mol. The molecule has 0 bridgehead atoms. The van der Waals surface area contributed by atoms with Crippen LogP contribution >= 0.6 is 23.2 Å². The molecule has 9 heteroatoms. The number of aliphatic hydroxyl groups excluding tert-OH is 1. The smallest absolute Gasteiger partial charge is 0.238 e. The minimum atomic E-state index is -1.27. The number of halogens is 3. The van der Waals surface area contributed by atoms with Gasteiger partial charge in [-0.15, -0.1) is 0 Å². The Morgan fingerprint density at radius 3 is 2.55 bits per heavy atom. The van der Waals surface area contributed by atoms with Gasteiger partial charge >= 0.3 is 0 Å². The molecule has 5 rings (SSSR count). The molecule has 3 aliphatic rings. The molecule has 38 heavy (non-hydrogen) atoms. The van der Waals surface area contributed by atoms with Crippen molar-refractivity contribution >= 4 is 40.7 Å². The zero-order chi connectivity index (χ0) is 27.4. The van der Waals surface area contributed by atoms with Crippen LogP contribution in [0.15, 0.2) is 36.4 Å². The summed E-state index contributed by atoms with van der Waals surface area (Å²) in [6, 6.07) is 8.50. The highest BCUT2D eigenvalue weighted by molar-refractivity contribution is 6.31. The van der Waals surface area contributed by atoms with Gasteiger partial charge in [-0.2, -0.15) is 0 Å². The topological polar surface area (TPSA) is 90.5 Å². The van der Waals surface area contributed by atoms with Crippen LogP contribution in [0, 0.1) is 11.2 Å². The quantitative estimate of drug-likeness (QED) is 0.407. The Bertz CT molecular complexity index is 1260. The molecule has 2 aromatic carbocycles. The van der Waals surface area contributed by atoms with E-state index in [4.69, 9.17) is 23.2 Å². The molecule has 204 valence electrons. The van der Waals surface area contributed by atoms with Crippen LogP contribution in [0.4, 0.5) is 10.1 Å². The summed E-state index contributed by atoms with van der Waals surface area (Å²) in [4.78, 5) is 28.1. The highest BCUT2D eigenvalue weighted by atomic mass is 35.5. The Hall–Kier alpha value is -2.19. The standard InChI is InChI=1S/C29H34Cl2FN3O3/c1-28(2,3)14-22-29(19-12-7-15(30)13-21(19)34-27(29)38)23(18-5-4-6-20(31)24(18)32)25(35-22)26(37)33-16-8-10-17(36)11-9-16/h4-7,12-13,16-17,22-23,25,35-36H,8-11,14H2,1-3H3,(H,33,37)(H,34,38)/t16?,17?,22-,23+,25-,29-/m1/s1. The summed E-state index contributed by atoms with van der Waals surface area (Å²) < 4.78 is 15.8. The summed E-state index contributed by atoms with van der Waals surface area (Å²) in [7, 11) is 0. The molecule has 0 radical (unpaired) electrons. The van der Waals surface area contributed by atoms with Crippen LogP contribution in [-0.4, -0.2) is 41.2 Å². The fourth-order valence-electron chi connectivity index (χ4n) is 6.66. The molecule has 1 saturated heterocycles. The number of aliphatic hydroxyl groups is 1. The van der Waals surface area contributed by atoms with E-state index >= 15 is 4.39 Å². The van der Waals surface area contributed by atoms with Gasteiger partial charge in [0.05, 0.1) is 17.2 Å². The molecule has 6 nitrogen and oxygen atoms in total. The van der Waals surface area contributed by atoms with E-state index in [2.05, 4.69) is 36.7 Å². The zero-order valence-corrected chi connectivity index (χ0v) is 23.3. The second kappa shape index (κ2) is 10.1. The van der Waals surface area contributed by atoms with Gasteiger partial charge in [-0.3, -0.25) is 9.59 Å². The van der Waals surface area contributed by atoms with Gasteiger partial charge in [-0.25, -0.2) is 4.39 Å². The molecule has 4 N–H and O–H groups in total.